The van der Waals surface area contributed by atoms with Crippen molar-refractivity contribution in [3.05, 3.63) is 0 Å². The Morgan fingerprint density at radius 2 is 1.88 bits per heavy atom. The predicted octanol–water partition coefficient (Wildman–Crippen LogP) is 0.0115. The van der Waals surface area contributed by atoms with Gasteiger partial charge < -0.3 is 16.2 Å². The molecule has 1 rings (SSSR count). The lowest BCUT2D eigenvalue weighted by molar-refractivity contribution is -0.140. The second kappa shape index (κ2) is 6.22. The summed E-state index contributed by atoms with van der Waals surface area (Å²) in [6, 6.07) is -1.11. The van der Waals surface area contributed by atoms with Gasteiger partial charge in [0.05, 0.1) is 6.42 Å². The van der Waals surface area contributed by atoms with E-state index in [1.807, 2.05) is 0 Å². The van der Waals surface area contributed by atoms with Crippen LogP contribution < -0.4 is 11.1 Å². The first-order chi connectivity index (χ1) is 7.99. The van der Waals surface area contributed by atoms with Crippen LogP contribution in [0.5, 0.6) is 0 Å². The highest BCUT2D eigenvalue weighted by Gasteiger charge is 2.24. The van der Waals surface area contributed by atoms with Gasteiger partial charge in [-0.1, -0.05) is 12.8 Å². The summed E-state index contributed by atoms with van der Waals surface area (Å²) in [5.74, 6) is -1.91. The Balaban J connectivity index is 2.40. The molecule has 0 spiro atoms. The molecular weight excluding hydrogens is 224 g/mol. The number of hydrogen-bond donors (Lipinski definition) is 3. The van der Waals surface area contributed by atoms with Gasteiger partial charge in [0, 0.05) is 6.42 Å². The third-order valence-electron chi connectivity index (χ3n) is 3.01. The Bertz CT molecular complexity index is 311. The summed E-state index contributed by atoms with van der Waals surface area (Å²) in [4.78, 5) is 33.0. The van der Waals surface area contributed by atoms with Crippen molar-refractivity contribution in [1.82, 2.24) is 5.32 Å². The number of carbonyl (C=O) groups is 3. The minimum absolute atomic E-state index is 0.290. The molecule has 96 valence electrons. The minimum Gasteiger partial charge on any atom is -0.481 e. The van der Waals surface area contributed by atoms with E-state index < -0.39 is 24.3 Å². The number of carboxylic acid groups (broad SMARTS) is 1. The second-order valence-electron chi connectivity index (χ2n) is 4.47. The molecule has 0 saturated heterocycles. The molecule has 1 aliphatic rings. The first kappa shape index (κ1) is 13.5. The molecule has 0 unspecified atom stereocenters. The molecule has 1 fully saturated rings. The summed E-state index contributed by atoms with van der Waals surface area (Å²) in [6.45, 7) is 0. The van der Waals surface area contributed by atoms with Crippen LogP contribution in [0.25, 0.3) is 0 Å². The fourth-order valence-corrected chi connectivity index (χ4v) is 2.13. The second-order valence-corrected chi connectivity index (χ2v) is 4.47. The van der Waals surface area contributed by atoms with E-state index in [-0.39, 0.29) is 5.91 Å². The first-order valence-corrected chi connectivity index (χ1v) is 5.79. The van der Waals surface area contributed by atoms with Gasteiger partial charge in [0.25, 0.3) is 0 Å². The lowest BCUT2D eigenvalue weighted by Crippen LogP contribution is -2.46. The summed E-state index contributed by atoms with van der Waals surface area (Å²) in [5, 5.41) is 11.0. The molecule has 0 aromatic heterocycles. The zero-order valence-electron chi connectivity index (χ0n) is 9.65. The number of primary amides is 1. The number of hydrogen-bond acceptors (Lipinski definition) is 3. The molecule has 2 amide bonds. The molecule has 0 aromatic rings. The van der Waals surface area contributed by atoms with Crippen LogP contribution in [0.2, 0.25) is 0 Å². The van der Waals surface area contributed by atoms with Crippen LogP contribution in [-0.4, -0.2) is 28.9 Å². The molecule has 4 N–H and O–H groups in total. The lowest BCUT2D eigenvalue weighted by Gasteiger charge is -2.15. The van der Waals surface area contributed by atoms with Crippen LogP contribution in [-0.2, 0) is 14.4 Å². The maximum atomic E-state index is 11.6. The van der Waals surface area contributed by atoms with Gasteiger partial charge in [-0.2, -0.15) is 0 Å². The number of carbonyl (C=O) groups excluding carboxylic acids is 2. The van der Waals surface area contributed by atoms with Crippen molar-refractivity contribution in [1.29, 1.82) is 0 Å². The van der Waals surface area contributed by atoms with E-state index in [2.05, 4.69) is 5.32 Å². The molecule has 1 atom stereocenters. The average molecular weight is 242 g/mol. The average Bonchev–Trinajstić information content (AvgIpc) is 2.68. The normalized spacial score (nSPS) is 17.6. The van der Waals surface area contributed by atoms with Gasteiger partial charge in [-0.05, 0) is 18.8 Å². The smallest absolute Gasteiger partial charge is 0.305 e. The van der Waals surface area contributed by atoms with E-state index in [9.17, 15) is 14.4 Å². The fraction of sp³-hybridized carbons (Fsp3) is 0.727. The van der Waals surface area contributed by atoms with Gasteiger partial charge in [-0.25, -0.2) is 0 Å². The van der Waals surface area contributed by atoms with Crippen LogP contribution in [0.15, 0.2) is 0 Å². The zero-order valence-corrected chi connectivity index (χ0v) is 9.65. The molecule has 17 heavy (non-hydrogen) atoms. The highest BCUT2D eigenvalue weighted by molar-refractivity contribution is 5.89. The van der Waals surface area contributed by atoms with Crippen LogP contribution in [0.4, 0.5) is 0 Å². The van der Waals surface area contributed by atoms with E-state index in [0.717, 1.165) is 25.7 Å². The molecule has 0 aliphatic heterocycles. The van der Waals surface area contributed by atoms with Crippen molar-refractivity contribution in [2.75, 3.05) is 0 Å². The standard InChI is InChI=1S/C11H18N2O4/c12-11(17)8(6-10(15)16)13-9(14)5-7-3-1-2-4-7/h7-8H,1-6H2,(H2,12,17)(H,13,14)(H,15,16)/t8-/m0/s1. The number of amides is 2. The van der Waals surface area contributed by atoms with Crippen molar-refractivity contribution >= 4 is 17.8 Å². The van der Waals surface area contributed by atoms with Crippen LogP contribution >= 0.6 is 0 Å². The van der Waals surface area contributed by atoms with Crippen LogP contribution in [0.1, 0.15) is 38.5 Å². The van der Waals surface area contributed by atoms with Gasteiger partial charge in [0.15, 0.2) is 0 Å². The SMILES string of the molecule is NC(=O)[C@H](CC(=O)O)NC(=O)CC1CCCC1. The Kier molecular flexibility index (Phi) is 4.93. The summed E-state index contributed by atoms with van der Waals surface area (Å²) in [6.07, 6.45) is 4.19. The van der Waals surface area contributed by atoms with Crippen molar-refractivity contribution in [3.63, 3.8) is 0 Å². The Morgan fingerprint density at radius 3 is 2.35 bits per heavy atom. The molecule has 6 heteroatoms. The van der Waals surface area contributed by atoms with E-state index in [0.29, 0.717) is 12.3 Å². The third kappa shape index (κ3) is 4.84. The quantitative estimate of drug-likeness (QED) is 0.609. The van der Waals surface area contributed by atoms with E-state index in [4.69, 9.17) is 10.8 Å². The van der Waals surface area contributed by atoms with Gasteiger partial charge in [-0.15, -0.1) is 0 Å². The van der Waals surface area contributed by atoms with Gasteiger partial charge in [-0.3, -0.25) is 14.4 Å². The number of carboxylic acids is 1. The molecule has 0 heterocycles. The zero-order chi connectivity index (χ0) is 12.8. The third-order valence-corrected chi connectivity index (χ3v) is 3.01. The van der Waals surface area contributed by atoms with E-state index >= 15 is 0 Å². The molecule has 0 aromatic carbocycles. The monoisotopic (exact) mass is 242 g/mol. The fourth-order valence-electron chi connectivity index (χ4n) is 2.13. The Morgan fingerprint density at radius 1 is 1.29 bits per heavy atom. The summed E-state index contributed by atoms with van der Waals surface area (Å²) in [7, 11) is 0. The lowest BCUT2D eigenvalue weighted by atomic mass is 10.0. The number of nitrogens with two attached hydrogens (primary N) is 1. The summed E-state index contributed by atoms with van der Waals surface area (Å²) >= 11 is 0. The molecule has 0 radical (unpaired) electrons. The minimum atomic E-state index is -1.16. The predicted molar refractivity (Wildman–Crippen MR) is 60.0 cm³/mol. The maximum Gasteiger partial charge on any atom is 0.305 e. The largest absolute Gasteiger partial charge is 0.481 e. The first-order valence-electron chi connectivity index (χ1n) is 5.79. The van der Waals surface area contributed by atoms with Crippen LogP contribution in [0, 0.1) is 5.92 Å². The van der Waals surface area contributed by atoms with Gasteiger partial charge >= 0.3 is 5.97 Å². The van der Waals surface area contributed by atoms with Crippen molar-refractivity contribution in [3.8, 4) is 0 Å². The Hall–Kier alpha value is -1.59. The van der Waals surface area contributed by atoms with E-state index in [1.54, 1.807) is 0 Å². The van der Waals surface area contributed by atoms with Gasteiger partial charge in [0.1, 0.15) is 6.04 Å². The summed E-state index contributed by atoms with van der Waals surface area (Å²) in [5.41, 5.74) is 5.02. The molecular formula is C11H18N2O4. The van der Waals surface area contributed by atoms with E-state index in [1.165, 1.54) is 0 Å². The van der Waals surface area contributed by atoms with Crippen molar-refractivity contribution < 1.29 is 19.5 Å². The molecule has 1 aliphatic carbocycles. The summed E-state index contributed by atoms with van der Waals surface area (Å²) < 4.78 is 0. The number of nitrogens with one attached hydrogen (secondary N) is 1. The van der Waals surface area contributed by atoms with Gasteiger partial charge in [0.2, 0.25) is 11.8 Å². The highest BCUT2D eigenvalue weighted by atomic mass is 16.4. The molecule has 6 nitrogen and oxygen atoms in total. The van der Waals surface area contributed by atoms with Crippen LogP contribution in [0.3, 0.4) is 0 Å². The maximum absolute atomic E-state index is 11.6. The number of rotatable bonds is 6. The highest BCUT2D eigenvalue weighted by Crippen LogP contribution is 2.27. The van der Waals surface area contributed by atoms with Crippen molar-refractivity contribution in [2.45, 2.75) is 44.6 Å². The molecule has 0 bridgehead atoms. The number of aliphatic carboxylic acids is 1. The Labute approximate surface area is 99.6 Å². The molecule has 1 saturated carbocycles. The van der Waals surface area contributed by atoms with Crippen molar-refractivity contribution in [2.24, 2.45) is 11.7 Å². The topological polar surface area (TPSA) is 109 Å².